The lowest BCUT2D eigenvalue weighted by Gasteiger charge is -2.15. The molecule has 1 aromatic carbocycles. The van der Waals surface area contributed by atoms with E-state index in [-0.39, 0.29) is 11.7 Å². The second kappa shape index (κ2) is 9.27. The summed E-state index contributed by atoms with van der Waals surface area (Å²) in [6.45, 7) is 3.83. The van der Waals surface area contributed by atoms with Crippen molar-refractivity contribution in [3.8, 4) is 0 Å². The maximum absolute atomic E-state index is 12.9. The zero-order valence-corrected chi connectivity index (χ0v) is 15.1. The van der Waals surface area contributed by atoms with Crippen LogP contribution in [-0.4, -0.2) is 41.0 Å². The van der Waals surface area contributed by atoms with E-state index >= 15 is 0 Å². The minimum absolute atomic E-state index is 0.179. The lowest BCUT2D eigenvalue weighted by Crippen LogP contribution is -2.27. The first-order chi connectivity index (χ1) is 11.9. The first-order valence-corrected chi connectivity index (χ1v) is 9.44. The molecule has 1 aromatic rings. The Kier molecular flexibility index (Phi) is 7.35. The van der Waals surface area contributed by atoms with E-state index in [1.165, 1.54) is 23.9 Å². The minimum atomic E-state index is -4.35. The van der Waals surface area contributed by atoms with Gasteiger partial charge in [-0.15, -0.1) is 0 Å². The Morgan fingerprint density at radius 2 is 1.96 bits per heavy atom. The Labute approximate surface area is 150 Å². The molecular formula is C18H23F3NO2S+. The van der Waals surface area contributed by atoms with Gasteiger partial charge in [0.2, 0.25) is 5.04 Å². The molecule has 0 N–H and O–H groups in total. The van der Waals surface area contributed by atoms with E-state index in [1.807, 2.05) is 0 Å². The zero-order chi connectivity index (χ0) is 18.3. The van der Waals surface area contributed by atoms with Crippen LogP contribution in [0.2, 0.25) is 0 Å². The van der Waals surface area contributed by atoms with Crippen molar-refractivity contribution in [3.05, 3.63) is 35.4 Å². The number of alkyl halides is 3. The number of benzene rings is 1. The van der Waals surface area contributed by atoms with E-state index < -0.39 is 11.7 Å². The van der Waals surface area contributed by atoms with Crippen LogP contribution in [0.1, 0.15) is 37.3 Å². The molecular weight excluding hydrogens is 351 g/mol. The Hall–Kier alpha value is -1.50. The van der Waals surface area contributed by atoms with E-state index in [9.17, 15) is 18.0 Å². The van der Waals surface area contributed by atoms with Gasteiger partial charge in [-0.1, -0.05) is 30.0 Å². The number of esters is 1. The fourth-order valence-electron chi connectivity index (χ4n) is 2.77. The van der Waals surface area contributed by atoms with E-state index in [2.05, 4.69) is 4.58 Å². The third-order valence-corrected chi connectivity index (χ3v) is 5.10. The average molecular weight is 374 g/mol. The summed E-state index contributed by atoms with van der Waals surface area (Å²) < 4.78 is 45.9. The molecule has 138 valence electrons. The predicted molar refractivity (Wildman–Crippen MR) is 93.1 cm³/mol. The fraction of sp³-hybridized carbons (Fsp3) is 0.556. The van der Waals surface area contributed by atoms with Crippen LogP contribution in [0, 0.1) is 0 Å². The van der Waals surface area contributed by atoms with Crippen LogP contribution in [0.3, 0.4) is 0 Å². The molecule has 0 unspecified atom stereocenters. The van der Waals surface area contributed by atoms with Gasteiger partial charge in [0.15, 0.2) is 0 Å². The van der Waals surface area contributed by atoms with Crippen LogP contribution in [-0.2, 0) is 22.1 Å². The predicted octanol–water partition coefficient (Wildman–Crippen LogP) is 4.14. The summed E-state index contributed by atoms with van der Waals surface area (Å²) in [7, 11) is 0. The maximum Gasteiger partial charge on any atom is 0.416 e. The van der Waals surface area contributed by atoms with Crippen molar-refractivity contribution < 1.29 is 27.3 Å². The molecule has 1 fully saturated rings. The van der Waals surface area contributed by atoms with E-state index in [1.54, 1.807) is 13.0 Å². The highest BCUT2D eigenvalue weighted by molar-refractivity contribution is 8.14. The van der Waals surface area contributed by atoms with Gasteiger partial charge in [0.05, 0.1) is 18.6 Å². The topological polar surface area (TPSA) is 29.3 Å². The molecule has 0 bridgehead atoms. The summed E-state index contributed by atoms with van der Waals surface area (Å²) in [4.78, 5) is 11.6. The highest BCUT2D eigenvalue weighted by atomic mass is 32.2. The number of nitrogens with zero attached hydrogens (tertiary/aromatic N) is 1. The molecule has 0 spiro atoms. The maximum atomic E-state index is 12.9. The molecule has 1 aliphatic rings. The van der Waals surface area contributed by atoms with Gasteiger partial charge in [-0.05, 0) is 25.0 Å². The highest BCUT2D eigenvalue weighted by Crippen LogP contribution is 2.30. The van der Waals surface area contributed by atoms with Gasteiger partial charge >= 0.3 is 12.1 Å². The van der Waals surface area contributed by atoms with Crippen LogP contribution in [0.4, 0.5) is 13.2 Å². The Bertz CT molecular complexity index is 621. The van der Waals surface area contributed by atoms with Gasteiger partial charge in [0, 0.05) is 12.8 Å². The second-order valence-electron chi connectivity index (χ2n) is 5.91. The molecule has 0 atom stereocenters. The van der Waals surface area contributed by atoms with E-state index in [4.69, 9.17) is 4.74 Å². The van der Waals surface area contributed by atoms with Crippen LogP contribution >= 0.6 is 11.8 Å². The number of ether oxygens (including phenoxy) is 1. The fourth-order valence-corrected chi connectivity index (χ4v) is 3.78. The summed E-state index contributed by atoms with van der Waals surface area (Å²) >= 11 is 1.37. The van der Waals surface area contributed by atoms with Crippen LogP contribution in [0.15, 0.2) is 24.3 Å². The van der Waals surface area contributed by atoms with Crippen LogP contribution < -0.4 is 0 Å². The first kappa shape index (κ1) is 19.8. The molecule has 0 amide bonds. The third-order valence-electron chi connectivity index (χ3n) is 3.98. The number of piperidine rings is 1. The smallest absolute Gasteiger partial charge is 0.416 e. The van der Waals surface area contributed by atoms with E-state index in [0.717, 1.165) is 43.5 Å². The van der Waals surface area contributed by atoms with Gasteiger partial charge in [-0.25, -0.2) is 4.58 Å². The SMILES string of the molecule is CCOC(=O)CSC(Cc1cccc(C(F)(F)F)c1)=[N+]1CCCCC1. The standard InChI is InChI=1S/C18H23F3NO2S/c1-2-24-17(23)13-25-16(22-9-4-3-5-10-22)12-14-7-6-8-15(11-14)18(19,20)21/h6-8,11H,2-5,9-10,12-13H2,1H3/q+1. The largest absolute Gasteiger partial charge is 0.465 e. The molecule has 1 aliphatic heterocycles. The molecule has 1 heterocycles. The Morgan fingerprint density at radius 3 is 2.60 bits per heavy atom. The molecule has 25 heavy (non-hydrogen) atoms. The average Bonchev–Trinajstić information content (AvgIpc) is 2.59. The van der Waals surface area contributed by atoms with Crippen molar-refractivity contribution in [1.82, 2.24) is 0 Å². The summed E-state index contributed by atoms with van der Waals surface area (Å²) in [6, 6.07) is 5.40. The summed E-state index contributed by atoms with van der Waals surface area (Å²) in [5.41, 5.74) is -0.0369. The Balaban J connectivity index is 2.17. The van der Waals surface area contributed by atoms with Crippen molar-refractivity contribution in [2.45, 2.75) is 38.8 Å². The van der Waals surface area contributed by atoms with Gasteiger partial charge in [-0.3, -0.25) is 4.79 Å². The second-order valence-corrected chi connectivity index (χ2v) is 6.96. The van der Waals surface area contributed by atoms with Crippen molar-refractivity contribution in [2.24, 2.45) is 0 Å². The lowest BCUT2D eigenvalue weighted by atomic mass is 10.1. The molecule has 0 aliphatic carbocycles. The van der Waals surface area contributed by atoms with Gasteiger partial charge in [0.1, 0.15) is 18.8 Å². The molecule has 1 saturated heterocycles. The molecule has 2 rings (SSSR count). The summed E-state index contributed by atoms with van der Waals surface area (Å²) in [5.74, 6) is -0.121. The minimum Gasteiger partial charge on any atom is -0.465 e. The van der Waals surface area contributed by atoms with E-state index in [0.29, 0.717) is 18.6 Å². The van der Waals surface area contributed by atoms with Crippen LogP contribution in [0.5, 0.6) is 0 Å². The zero-order valence-electron chi connectivity index (χ0n) is 14.3. The van der Waals surface area contributed by atoms with Crippen molar-refractivity contribution >= 4 is 22.8 Å². The Morgan fingerprint density at radius 1 is 1.24 bits per heavy atom. The summed E-state index contributed by atoms with van der Waals surface area (Å²) in [5, 5.41) is 0.937. The molecule has 0 radical (unpaired) electrons. The molecule has 7 heteroatoms. The van der Waals surface area contributed by atoms with Gasteiger partial charge in [0.25, 0.3) is 0 Å². The number of thioether (sulfide) groups is 1. The highest BCUT2D eigenvalue weighted by Gasteiger charge is 2.30. The number of rotatable bonds is 5. The normalized spacial score (nSPS) is 15.1. The lowest BCUT2D eigenvalue weighted by molar-refractivity contribution is -0.535. The molecule has 0 saturated carbocycles. The van der Waals surface area contributed by atoms with Crippen LogP contribution in [0.25, 0.3) is 0 Å². The van der Waals surface area contributed by atoms with Gasteiger partial charge in [-0.2, -0.15) is 13.2 Å². The first-order valence-electron chi connectivity index (χ1n) is 8.45. The molecule has 0 aromatic heterocycles. The number of carbonyl (C=O) groups excluding carboxylic acids is 1. The number of carbonyl (C=O) groups is 1. The monoisotopic (exact) mass is 374 g/mol. The van der Waals surface area contributed by atoms with Crippen molar-refractivity contribution in [1.29, 1.82) is 0 Å². The number of hydrogen-bond acceptors (Lipinski definition) is 3. The van der Waals surface area contributed by atoms with Crippen molar-refractivity contribution in [2.75, 3.05) is 25.4 Å². The van der Waals surface area contributed by atoms with Crippen molar-refractivity contribution in [3.63, 3.8) is 0 Å². The van der Waals surface area contributed by atoms with Gasteiger partial charge < -0.3 is 4.74 Å². The number of hydrogen-bond donors (Lipinski definition) is 0. The summed E-state index contributed by atoms with van der Waals surface area (Å²) in [6.07, 6.45) is -0.665. The molecule has 3 nitrogen and oxygen atoms in total. The number of halogens is 3. The quantitative estimate of drug-likeness (QED) is 0.441. The third kappa shape index (κ3) is 6.38.